The zero-order valence-electron chi connectivity index (χ0n) is 17.2. The van der Waals surface area contributed by atoms with Crippen LogP contribution in [0.25, 0.3) is 0 Å². The quantitative estimate of drug-likeness (QED) is 0.523. The normalized spacial score (nSPS) is 12.5. The third kappa shape index (κ3) is 6.03. The van der Waals surface area contributed by atoms with Crippen LogP contribution < -0.4 is 10.6 Å². The molecule has 152 valence electrons. The van der Waals surface area contributed by atoms with Gasteiger partial charge in [-0.2, -0.15) is 0 Å². The van der Waals surface area contributed by atoms with Crippen LogP contribution in [-0.4, -0.2) is 49.5 Å². The molecule has 0 fully saturated rings. The van der Waals surface area contributed by atoms with Crippen LogP contribution in [0.1, 0.15) is 46.6 Å². The molecule has 0 radical (unpaired) electrons. The van der Waals surface area contributed by atoms with Gasteiger partial charge in [0.1, 0.15) is 11.1 Å². The maximum atomic E-state index is 11.6. The van der Waals surface area contributed by atoms with Gasteiger partial charge in [0.2, 0.25) is 0 Å². The molecule has 0 bridgehead atoms. The number of methoxy groups -OCH3 is 1. The highest BCUT2D eigenvalue weighted by atomic mass is 32.1. The first-order valence-electron chi connectivity index (χ1n) is 9.26. The maximum Gasteiger partial charge on any atom is 0.251 e. The van der Waals surface area contributed by atoms with Crippen molar-refractivity contribution in [2.75, 3.05) is 27.7 Å². The first kappa shape index (κ1) is 21.8. The van der Waals surface area contributed by atoms with E-state index < -0.39 is 0 Å². The van der Waals surface area contributed by atoms with Gasteiger partial charge in [-0.25, -0.2) is 9.98 Å². The molecule has 1 aromatic carbocycles. The molecule has 0 saturated heterocycles. The van der Waals surface area contributed by atoms with Crippen molar-refractivity contribution in [3.8, 4) is 0 Å². The van der Waals surface area contributed by atoms with E-state index in [1.165, 1.54) is 0 Å². The molecule has 0 aliphatic heterocycles. The first-order chi connectivity index (χ1) is 13.5. The minimum absolute atomic E-state index is 0.00345. The Balaban J connectivity index is 2.04. The Morgan fingerprint density at radius 2 is 2.07 bits per heavy atom. The van der Waals surface area contributed by atoms with Crippen LogP contribution >= 0.6 is 11.3 Å². The van der Waals surface area contributed by atoms with E-state index >= 15 is 0 Å². The van der Waals surface area contributed by atoms with Crippen LogP contribution in [0, 0.1) is 0 Å². The Morgan fingerprint density at radius 3 is 2.68 bits per heavy atom. The van der Waals surface area contributed by atoms with Gasteiger partial charge in [-0.1, -0.05) is 12.1 Å². The highest BCUT2D eigenvalue weighted by Crippen LogP contribution is 2.21. The fourth-order valence-electron chi connectivity index (χ4n) is 2.54. The molecule has 1 atom stereocenters. The number of amides is 1. The molecule has 2 aromatic rings. The van der Waals surface area contributed by atoms with E-state index in [1.807, 2.05) is 45.2 Å². The second-order valence-corrected chi connectivity index (χ2v) is 7.25. The van der Waals surface area contributed by atoms with Gasteiger partial charge in [-0.15, -0.1) is 11.3 Å². The molecule has 1 aromatic heterocycles. The topological polar surface area (TPSA) is 78.9 Å². The second kappa shape index (κ2) is 10.8. The number of aromatic nitrogens is 1. The summed E-state index contributed by atoms with van der Waals surface area (Å²) in [6.45, 7) is 6.01. The monoisotopic (exact) mass is 403 g/mol. The molecule has 1 unspecified atom stereocenters. The Kier molecular flexibility index (Phi) is 8.41. The molecule has 0 aliphatic rings. The molecule has 0 spiro atoms. The van der Waals surface area contributed by atoms with E-state index in [0.717, 1.165) is 28.8 Å². The van der Waals surface area contributed by atoms with Gasteiger partial charge < -0.3 is 20.3 Å². The number of benzene rings is 1. The number of hydrogen-bond acceptors (Lipinski definition) is 5. The molecule has 2 N–H and O–H groups in total. The van der Waals surface area contributed by atoms with E-state index in [2.05, 4.69) is 25.9 Å². The van der Waals surface area contributed by atoms with Gasteiger partial charge in [0.05, 0.1) is 18.8 Å². The van der Waals surface area contributed by atoms with Crippen LogP contribution in [0.15, 0.2) is 34.6 Å². The predicted molar refractivity (Wildman–Crippen MR) is 114 cm³/mol. The predicted octanol–water partition coefficient (Wildman–Crippen LogP) is 2.81. The molecule has 0 aliphatic carbocycles. The van der Waals surface area contributed by atoms with E-state index in [1.54, 1.807) is 25.5 Å². The lowest BCUT2D eigenvalue weighted by Crippen LogP contribution is -2.38. The standard InChI is InChI=1S/C20H29N5O2S/c1-6-22-20(23-11-15-7-9-16(10-8-15)18(26)21-3)25(4)12-17-13-28-19(24-17)14(2)27-5/h7-10,13-14H,6,11-12H2,1-5H3,(H,21,26)(H,22,23). The SMILES string of the molecule is CCNC(=NCc1ccc(C(=O)NC)cc1)N(C)Cc1csc(C(C)OC)n1. The Hall–Kier alpha value is -2.45. The minimum Gasteiger partial charge on any atom is -0.375 e. The van der Waals surface area contributed by atoms with E-state index in [4.69, 9.17) is 9.73 Å². The lowest BCUT2D eigenvalue weighted by molar-refractivity contribution is 0.0963. The van der Waals surface area contributed by atoms with Crippen molar-refractivity contribution >= 4 is 23.2 Å². The molecule has 2 rings (SSSR count). The van der Waals surface area contributed by atoms with Gasteiger partial charge in [0, 0.05) is 38.7 Å². The van der Waals surface area contributed by atoms with E-state index in [9.17, 15) is 4.79 Å². The summed E-state index contributed by atoms with van der Waals surface area (Å²) in [6, 6.07) is 7.48. The average Bonchev–Trinajstić information content (AvgIpc) is 3.18. The Morgan fingerprint density at radius 1 is 1.36 bits per heavy atom. The number of aliphatic imine (C=N–C) groups is 1. The summed E-state index contributed by atoms with van der Waals surface area (Å²) in [6.07, 6.45) is 0.00345. The largest absolute Gasteiger partial charge is 0.375 e. The highest BCUT2D eigenvalue weighted by molar-refractivity contribution is 7.09. The molecular formula is C20H29N5O2S. The maximum absolute atomic E-state index is 11.6. The fourth-order valence-corrected chi connectivity index (χ4v) is 3.38. The van der Waals surface area contributed by atoms with Gasteiger partial charge in [0.15, 0.2) is 5.96 Å². The van der Waals surface area contributed by atoms with E-state index in [0.29, 0.717) is 18.7 Å². The summed E-state index contributed by atoms with van der Waals surface area (Å²) in [5.74, 6) is 0.723. The summed E-state index contributed by atoms with van der Waals surface area (Å²) in [5, 5.41) is 8.97. The van der Waals surface area contributed by atoms with Crippen molar-refractivity contribution in [1.29, 1.82) is 0 Å². The number of rotatable bonds is 8. The lowest BCUT2D eigenvalue weighted by Gasteiger charge is -2.21. The zero-order chi connectivity index (χ0) is 20.5. The third-order valence-corrected chi connectivity index (χ3v) is 5.28. The molecule has 7 nitrogen and oxygen atoms in total. The van der Waals surface area contributed by atoms with E-state index in [-0.39, 0.29) is 12.0 Å². The van der Waals surface area contributed by atoms with Crippen LogP contribution in [0.4, 0.5) is 0 Å². The van der Waals surface area contributed by atoms with Crippen molar-refractivity contribution in [2.45, 2.75) is 33.0 Å². The van der Waals surface area contributed by atoms with Crippen LogP contribution in [0.3, 0.4) is 0 Å². The van der Waals surface area contributed by atoms with Crippen molar-refractivity contribution < 1.29 is 9.53 Å². The number of ether oxygens (including phenoxy) is 1. The van der Waals surface area contributed by atoms with Gasteiger partial charge in [0.25, 0.3) is 5.91 Å². The minimum atomic E-state index is -0.0893. The smallest absolute Gasteiger partial charge is 0.251 e. The zero-order valence-corrected chi connectivity index (χ0v) is 18.0. The number of nitrogens with zero attached hydrogens (tertiary/aromatic N) is 3. The summed E-state index contributed by atoms with van der Waals surface area (Å²) in [7, 11) is 5.31. The Labute approximate surface area is 170 Å². The van der Waals surface area contributed by atoms with Gasteiger partial charge in [-0.05, 0) is 31.5 Å². The number of carbonyl (C=O) groups is 1. The van der Waals surface area contributed by atoms with Crippen molar-refractivity contribution in [3.05, 3.63) is 51.5 Å². The van der Waals surface area contributed by atoms with Crippen molar-refractivity contribution in [3.63, 3.8) is 0 Å². The van der Waals surface area contributed by atoms with Crippen molar-refractivity contribution in [1.82, 2.24) is 20.5 Å². The van der Waals surface area contributed by atoms with Gasteiger partial charge in [-0.3, -0.25) is 4.79 Å². The van der Waals surface area contributed by atoms with Crippen LogP contribution in [0.5, 0.6) is 0 Å². The average molecular weight is 404 g/mol. The number of nitrogens with one attached hydrogen (secondary N) is 2. The lowest BCUT2D eigenvalue weighted by atomic mass is 10.1. The summed E-state index contributed by atoms with van der Waals surface area (Å²) in [5.41, 5.74) is 2.68. The Bertz CT molecular complexity index is 788. The van der Waals surface area contributed by atoms with Crippen LogP contribution in [-0.2, 0) is 17.8 Å². The fraction of sp³-hybridized carbons (Fsp3) is 0.450. The molecular weight excluding hydrogens is 374 g/mol. The number of carbonyl (C=O) groups excluding carboxylic acids is 1. The summed E-state index contributed by atoms with van der Waals surface area (Å²) >= 11 is 1.61. The number of hydrogen-bond donors (Lipinski definition) is 2. The molecule has 1 heterocycles. The highest BCUT2D eigenvalue weighted by Gasteiger charge is 2.12. The van der Waals surface area contributed by atoms with Crippen LogP contribution in [0.2, 0.25) is 0 Å². The first-order valence-corrected chi connectivity index (χ1v) is 10.1. The van der Waals surface area contributed by atoms with Crippen molar-refractivity contribution in [2.24, 2.45) is 4.99 Å². The summed E-state index contributed by atoms with van der Waals surface area (Å²) in [4.78, 5) is 23.0. The second-order valence-electron chi connectivity index (χ2n) is 6.36. The molecule has 8 heteroatoms. The van der Waals surface area contributed by atoms with Gasteiger partial charge >= 0.3 is 0 Å². The number of guanidine groups is 1. The summed E-state index contributed by atoms with van der Waals surface area (Å²) < 4.78 is 5.33. The molecule has 28 heavy (non-hydrogen) atoms. The molecule has 1 amide bonds. The number of thiazole rings is 1. The molecule has 0 saturated carbocycles. The third-order valence-electron chi connectivity index (χ3n) is 4.22.